The highest BCUT2D eigenvalue weighted by atomic mass is 16.5. The molecule has 1 aromatic heterocycles. The molecule has 0 aliphatic carbocycles. The van der Waals surface area contributed by atoms with Crippen LogP contribution in [0.5, 0.6) is 11.5 Å². The van der Waals surface area contributed by atoms with Crippen molar-refractivity contribution in [2.45, 2.75) is 6.92 Å². The third-order valence-electron chi connectivity index (χ3n) is 3.56. The molecule has 3 nitrogen and oxygen atoms in total. The minimum atomic E-state index is 0.789. The highest BCUT2D eigenvalue weighted by Crippen LogP contribution is 2.30. The topological polar surface area (TPSA) is 29.8 Å². The first kappa shape index (κ1) is 13.4. The molecule has 0 saturated heterocycles. The number of aryl methyl sites for hydroxylation is 1. The first-order valence-corrected chi connectivity index (χ1v) is 6.77. The van der Waals surface area contributed by atoms with E-state index in [4.69, 9.17) is 13.9 Å². The normalized spacial score (nSPS) is 10.6. The second kappa shape index (κ2) is 5.44. The molecule has 0 aliphatic heterocycles. The lowest BCUT2D eigenvalue weighted by atomic mass is 10.1. The van der Waals surface area contributed by atoms with Crippen molar-refractivity contribution in [3.8, 4) is 22.8 Å². The monoisotopic (exact) mass is 281 g/mol. The van der Waals surface area contributed by atoms with Crippen molar-refractivity contribution in [3.63, 3.8) is 0 Å². The zero-order valence-corrected chi connectivity index (χ0v) is 12.3. The molecule has 0 atom stereocenters. The molecule has 0 saturated carbocycles. The summed E-state index contributed by atoms with van der Waals surface area (Å²) < 4.78 is 16.5. The van der Waals surface area contributed by atoms with Gasteiger partial charge in [-0.05, 0) is 48.9 Å². The summed E-state index contributed by atoms with van der Waals surface area (Å²) in [6.07, 6.45) is 0. The van der Waals surface area contributed by atoms with Crippen LogP contribution in [0, 0.1) is 6.92 Å². The van der Waals surface area contributed by atoms with Crippen LogP contribution in [-0.4, -0.2) is 14.2 Å². The maximum atomic E-state index is 6.02. The summed E-state index contributed by atoms with van der Waals surface area (Å²) in [5.41, 5.74) is 3.01. The van der Waals surface area contributed by atoms with E-state index < -0.39 is 0 Å². The van der Waals surface area contributed by atoms with Gasteiger partial charge >= 0.3 is 11.3 Å². The molecular weight excluding hydrogens is 264 g/mol. The molecule has 3 rings (SSSR count). The highest BCUT2D eigenvalue weighted by molar-refractivity contribution is 5.83. The van der Waals surface area contributed by atoms with E-state index >= 15 is 0 Å². The zero-order valence-electron chi connectivity index (χ0n) is 12.3. The predicted octanol–water partition coefficient (Wildman–Crippen LogP) is 4.71. The van der Waals surface area contributed by atoms with Gasteiger partial charge in [0.1, 0.15) is 11.5 Å². The van der Waals surface area contributed by atoms with Crippen molar-refractivity contribution in [2.24, 2.45) is 0 Å². The van der Waals surface area contributed by atoms with Gasteiger partial charge in [-0.2, -0.15) is 0 Å². The van der Waals surface area contributed by atoms with Gasteiger partial charge in [0, 0.05) is 6.07 Å². The summed E-state index contributed by atoms with van der Waals surface area (Å²) in [5.74, 6) is 2.45. The number of benzene rings is 2. The molecule has 0 N–H and O–H groups in total. The van der Waals surface area contributed by atoms with E-state index in [9.17, 15) is 0 Å². The van der Waals surface area contributed by atoms with Crippen molar-refractivity contribution in [1.29, 1.82) is 0 Å². The van der Waals surface area contributed by atoms with E-state index in [-0.39, 0.29) is 0 Å². The van der Waals surface area contributed by atoms with Gasteiger partial charge in [0.2, 0.25) is 0 Å². The molecule has 3 heteroatoms. The number of ether oxygens (including phenoxy) is 2. The molecule has 0 unspecified atom stereocenters. The Labute approximate surface area is 123 Å². The number of fused-ring (bicyclic) bond motifs is 1. The first-order valence-electron chi connectivity index (χ1n) is 6.77. The van der Waals surface area contributed by atoms with Crippen LogP contribution >= 0.6 is 0 Å². The number of rotatable bonds is 3. The van der Waals surface area contributed by atoms with Crippen LogP contribution in [0.25, 0.3) is 22.3 Å². The highest BCUT2D eigenvalue weighted by Gasteiger charge is 2.18. The largest absolute Gasteiger partial charge is 0.497 e. The minimum Gasteiger partial charge on any atom is -0.497 e. The fourth-order valence-corrected chi connectivity index (χ4v) is 2.36. The Hall–Kier alpha value is -2.55. The van der Waals surface area contributed by atoms with E-state index in [0.29, 0.717) is 0 Å². The molecule has 2 aromatic carbocycles. The standard InChI is InChI=1S/C18H17O3/c1-12-10-17(13-4-6-14(19-2)7-5-13)21-18-11-15(20-3)8-9-16(12)18/h4-11H,1-3H3/q+1. The summed E-state index contributed by atoms with van der Waals surface area (Å²) in [7, 11) is 3.31. The maximum absolute atomic E-state index is 6.02. The molecule has 0 aliphatic rings. The number of methoxy groups -OCH3 is 2. The van der Waals surface area contributed by atoms with Crippen LogP contribution in [0.4, 0.5) is 0 Å². The average Bonchev–Trinajstić information content (AvgIpc) is 2.54. The van der Waals surface area contributed by atoms with E-state index in [1.807, 2.05) is 42.5 Å². The molecular formula is C18H17O3+. The Morgan fingerprint density at radius 2 is 1.48 bits per heavy atom. The molecule has 1 heterocycles. The van der Waals surface area contributed by atoms with E-state index in [2.05, 4.69) is 13.0 Å². The predicted molar refractivity (Wildman–Crippen MR) is 83.9 cm³/mol. The fourth-order valence-electron chi connectivity index (χ4n) is 2.36. The van der Waals surface area contributed by atoms with E-state index in [1.54, 1.807) is 14.2 Å². The van der Waals surface area contributed by atoms with Gasteiger partial charge in [-0.15, -0.1) is 0 Å². The van der Waals surface area contributed by atoms with Crippen LogP contribution in [0.1, 0.15) is 5.56 Å². The van der Waals surface area contributed by atoms with Crippen LogP contribution < -0.4 is 9.47 Å². The lowest BCUT2D eigenvalue weighted by Gasteiger charge is -2.01. The van der Waals surface area contributed by atoms with Gasteiger partial charge in [-0.25, -0.2) is 4.42 Å². The SMILES string of the molecule is COc1ccc(-c2cc(C)c3ccc(OC)cc3[o+]2)cc1. The number of hydrogen-bond acceptors (Lipinski definition) is 2. The summed E-state index contributed by atoms with van der Waals surface area (Å²) in [5, 5.41) is 1.09. The second-order valence-corrected chi connectivity index (χ2v) is 4.88. The molecule has 0 spiro atoms. The number of hydrogen-bond donors (Lipinski definition) is 0. The molecule has 0 radical (unpaired) electrons. The molecule has 0 fully saturated rings. The van der Waals surface area contributed by atoms with Crippen LogP contribution in [0.15, 0.2) is 52.9 Å². The third kappa shape index (κ3) is 2.55. The van der Waals surface area contributed by atoms with E-state index in [0.717, 1.165) is 33.8 Å². The van der Waals surface area contributed by atoms with Crippen molar-refractivity contribution >= 4 is 11.0 Å². The Bertz CT molecular complexity index is 776. The quantitative estimate of drug-likeness (QED) is 0.651. The Kier molecular flexibility index (Phi) is 3.48. The lowest BCUT2D eigenvalue weighted by Crippen LogP contribution is -1.87. The second-order valence-electron chi connectivity index (χ2n) is 4.88. The first-order chi connectivity index (χ1) is 10.2. The van der Waals surface area contributed by atoms with Gasteiger partial charge in [0.05, 0.1) is 31.2 Å². The van der Waals surface area contributed by atoms with Crippen molar-refractivity contribution in [2.75, 3.05) is 14.2 Å². The Balaban J connectivity index is 2.13. The van der Waals surface area contributed by atoms with Crippen LogP contribution in [0.3, 0.4) is 0 Å². The third-order valence-corrected chi connectivity index (χ3v) is 3.56. The van der Waals surface area contributed by atoms with Crippen molar-refractivity contribution < 1.29 is 13.9 Å². The fraction of sp³-hybridized carbons (Fsp3) is 0.167. The molecule has 3 aromatic rings. The summed E-state index contributed by atoms with van der Waals surface area (Å²) in [4.78, 5) is 0. The lowest BCUT2D eigenvalue weighted by molar-refractivity contribution is 0.414. The van der Waals surface area contributed by atoms with Crippen molar-refractivity contribution in [1.82, 2.24) is 0 Å². The Morgan fingerprint density at radius 3 is 2.14 bits per heavy atom. The van der Waals surface area contributed by atoms with Crippen LogP contribution in [-0.2, 0) is 0 Å². The van der Waals surface area contributed by atoms with Gasteiger partial charge in [0.15, 0.2) is 0 Å². The zero-order chi connectivity index (χ0) is 14.8. The maximum Gasteiger partial charge on any atom is 0.364 e. The summed E-state index contributed by atoms with van der Waals surface area (Å²) in [6.45, 7) is 2.08. The van der Waals surface area contributed by atoms with Gasteiger partial charge < -0.3 is 9.47 Å². The summed E-state index contributed by atoms with van der Waals surface area (Å²) >= 11 is 0. The van der Waals surface area contributed by atoms with Crippen molar-refractivity contribution in [3.05, 3.63) is 54.1 Å². The molecule has 21 heavy (non-hydrogen) atoms. The van der Waals surface area contributed by atoms with Crippen LogP contribution in [0.2, 0.25) is 0 Å². The molecule has 106 valence electrons. The van der Waals surface area contributed by atoms with E-state index in [1.165, 1.54) is 5.56 Å². The van der Waals surface area contributed by atoms with Gasteiger partial charge in [-0.3, -0.25) is 0 Å². The molecule has 0 bridgehead atoms. The minimum absolute atomic E-state index is 0.789. The Morgan fingerprint density at radius 1 is 0.810 bits per heavy atom. The average molecular weight is 281 g/mol. The van der Waals surface area contributed by atoms with Gasteiger partial charge in [0.25, 0.3) is 0 Å². The van der Waals surface area contributed by atoms with Gasteiger partial charge in [-0.1, -0.05) is 0 Å². The molecule has 0 amide bonds. The summed E-state index contributed by atoms with van der Waals surface area (Å²) in [6, 6.07) is 15.8. The smallest absolute Gasteiger partial charge is 0.364 e.